The number of morpholine rings is 1. The van der Waals surface area contributed by atoms with Crippen LogP contribution in [0.3, 0.4) is 0 Å². The number of carbonyl (C=O) groups is 2. The van der Waals surface area contributed by atoms with E-state index in [1.54, 1.807) is 0 Å². The fourth-order valence-corrected chi connectivity index (χ4v) is 3.50. The van der Waals surface area contributed by atoms with Crippen molar-refractivity contribution >= 4 is 21.8 Å². The summed E-state index contributed by atoms with van der Waals surface area (Å²) in [5, 5.41) is 0. The Morgan fingerprint density at radius 1 is 1.29 bits per heavy atom. The number of hydrogen-bond acceptors (Lipinski definition) is 6. The zero-order valence-corrected chi connectivity index (χ0v) is 14.1. The summed E-state index contributed by atoms with van der Waals surface area (Å²) >= 11 is 0. The molecule has 1 atom stereocenters. The van der Waals surface area contributed by atoms with Crippen LogP contribution in [0.15, 0.2) is 23.1 Å². The summed E-state index contributed by atoms with van der Waals surface area (Å²) < 4.78 is 50.1. The van der Waals surface area contributed by atoms with Crippen LogP contribution in [-0.4, -0.2) is 56.9 Å². The minimum absolute atomic E-state index is 0.181. The first-order chi connectivity index (χ1) is 11.2. The highest BCUT2D eigenvalue weighted by molar-refractivity contribution is 7.89. The average Bonchev–Trinajstić information content (AvgIpc) is 2.55. The van der Waals surface area contributed by atoms with E-state index in [1.807, 2.05) is 0 Å². The molecule has 1 aliphatic rings. The van der Waals surface area contributed by atoms with Crippen molar-refractivity contribution in [2.45, 2.75) is 24.8 Å². The number of rotatable bonds is 5. The van der Waals surface area contributed by atoms with Crippen LogP contribution in [0, 0.1) is 5.82 Å². The van der Waals surface area contributed by atoms with Gasteiger partial charge < -0.3 is 9.47 Å². The van der Waals surface area contributed by atoms with Crippen LogP contribution in [-0.2, 0) is 24.3 Å². The molecule has 1 heterocycles. The normalized spacial score (nSPS) is 17.3. The fraction of sp³-hybridized carbons (Fsp3) is 0.467. The Balaban J connectivity index is 2.31. The third-order valence-corrected chi connectivity index (χ3v) is 5.52. The van der Waals surface area contributed by atoms with Crippen LogP contribution in [0.4, 0.5) is 4.39 Å². The van der Waals surface area contributed by atoms with Gasteiger partial charge in [0.1, 0.15) is 5.82 Å². The van der Waals surface area contributed by atoms with Crippen molar-refractivity contribution in [3.63, 3.8) is 0 Å². The number of hydrogen-bond donors (Lipinski definition) is 0. The van der Waals surface area contributed by atoms with Crippen molar-refractivity contribution in [2.24, 2.45) is 0 Å². The highest BCUT2D eigenvalue weighted by Crippen LogP contribution is 2.21. The molecule has 0 spiro atoms. The number of benzene rings is 1. The predicted molar refractivity (Wildman–Crippen MR) is 81.5 cm³/mol. The highest BCUT2D eigenvalue weighted by atomic mass is 32.2. The summed E-state index contributed by atoms with van der Waals surface area (Å²) in [6, 6.07) is 2.91. The standard InChI is InChI=1S/C15H18FNO6S/c1-10(18)11(2)23-15(19)13-9-12(3-4-14(13)16)24(20,21)17-5-7-22-8-6-17/h3-4,9,11H,5-8H2,1-2H3/t11-/m0/s1. The second kappa shape index (κ2) is 7.37. The summed E-state index contributed by atoms with van der Waals surface area (Å²) in [6.07, 6.45) is -1.04. The number of esters is 1. The number of ether oxygens (including phenoxy) is 2. The first-order valence-electron chi connectivity index (χ1n) is 7.32. The first kappa shape index (κ1) is 18.5. The average molecular weight is 359 g/mol. The van der Waals surface area contributed by atoms with Gasteiger partial charge in [-0.1, -0.05) is 0 Å². The summed E-state index contributed by atoms with van der Waals surface area (Å²) in [5.74, 6) is -2.41. The van der Waals surface area contributed by atoms with Crippen LogP contribution in [0.1, 0.15) is 24.2 Å². The van der Waals surface area contributed by atoms with Crippen LogP contribution in [0.5, 0.6) is 0 Å². The SMILES string of the molecule is CC(=O)[C@H](C)OC(=O)c1cc(S(=O)(=O)N2CCOCC2)ccc1F. The van der Waals surface area contributed by atoms with Gasteiger partial charge in [-0.2, -0.15) is 4.31 Å². The summed E-state index contributed by atoms with van der Waals surface area (Å²) in [5.41, 5.74) is -0.530. The predicted octanol–water partition coefficient (Wildman–Crippen LogP) is 0.981. The van der Waals surface area contributed by atoms with Gasteiger partial charge in [-0.25, -0.2) is 17.6 Å². The Kier molecular flexibility index (Phi) is 5.68. The van der Waals surface area contributed by atoms with E-state index >= 15 is 0 Å². The van der Waals surface area contributed by atoms with Crippen molar-refractivity contribution < 1.29 is 31.9 Å². The molecule has 24 heavy (non-hydrogen) atoms. The van der Waals surface area contributed by atoms with Gasteiger partial charge in [0.05, 0.1) is 23.7 Å². The third kappa shape index (κ3) is 3.97. The van der Waals surface area contributed by atoms with Crippen molar-refractivity contribution in [2.75, 3.05) is 26.3 Å². The smallest absolute Gasteiger partial charge is 0.341 e. The molecule has 1 aliphatic heterocycles. The number of Topliss-reactive ketones (excluding diaryl/α,β-unsaturated/α-hetero) is 1. The molecule has 2 rings (SSSR count). The molecular weight excluding hydrogens is 341 g/mol. The molecule has 0 aliphatic carbocycles. The number of ketones is 1. The topological polar surface area (TPSA) is 90.0 Å². The Hall–Kier alpha value is -1.84. The molecular formula is C15H18FNO6S. The van der Waals surface area contributed by atoms with Gasteiger partial charge in [-0.15, -0.1) is 0 Å². The van der Waals surface area contributed by atoms with Crippen molar-refractivity contribution in [1.29, 1.82) is 0 Å². The molecule has 0 N–H and O–H groups in total. The van der Waals surface area contributed by atoms with Gasteiger partial charge in [0.2, 0.25) is 10.0 Å². The number of halogens is 1. The molecule has 0 bridgehead atoms. The maximum absolute atomic E-state index is 13.9. The summed E-state index contributed by atoms with van der Waals surface area (Å²) in [6.45, 7) is 3.48. The van der Waals surface area contributed by atoms with Crippen LogP contribution < -0.4 is 0 Å². The van der Waals surface area contributed by atoms with Gasteiger partial charge >= 0.3 is 5.97 Å². The van der Waals surface area contributed by atoms with Gasteiger partial charge in [0.25, 0.3) is 0 Å². The highest BCUT2D eigenvalue weighted by Gasteiger charge is 2.28. The molecule has 9 heteroatoms. The van der Waals surface area contributed by atoms with E-state index in [1.165, 1.54) is 18.2 Å². The first-order valence-corrected chi connectivity index (χ1v) is 8.76. The maximum Gasteiger partial charge on any atom is 0.341 e. The van der Waals surface area contributed by atoms with E-state index in [-0.39, 0.29) is 31.2 Å². The number of carbonyl (C=O) groups excluding carboxylic acids is 2. The Morgan fingerprint density at radius 3 is 2.50 bits per heavy atom. The molecule has 1 fully saturated rings. The van der Waals surface area contributed by atoms with Crippen LogP contribution in [0.2, 0.25) is 0 Å². The monoisotopic (exact) mass is 359 g/mol. The lowest BCUT2D eigenvalue weighted by atomic mass is 10.2. The van der Waals surface area contributed by atoms with Crippen LogP contribution in [0.25, 0.3) is 0 Å². The van der Waals surface area contributed by atoms with E-state index < -0.39 is 39.3 Å². The van der Waals surface area contributed by atoms with E-state index in [2.05, 4.69) is 0 Å². The van der Waals surface area contributed by atoms with Crippen molar-refractivity contribution in [3.8, 4) is 0 Å². The van der Waals surface area contributed by atoms with E-state index in [0.717, 1.165) is 18.2 Å². The molecule has 0 unspecified atom stereocenters. The third-order valence-electron chi connectivity index (χ3n) is 3.62. The summed E-state index contributed by atoms with van der Waals surface area (Å²) in [7, 11) is -3.87. The minimum Gasteiger partial charge on any atom is -0.451 e. The molecule has 132 valence electrons. The van der Waals surface area contributed by atoms with Gasteiger partial charge in [0.15, 0.2) is 11.9 Å². The molecule has 0 amide bonds. The molecule has 0 radical (unpaired) electrons. The molecule has 7 nitrogen and oxygen atoms in total. The lowest BCUT2D eigenvalue weighted by Gasteiger charge is -2.26. The quantitative estimate of drug-likeness (QED) is 0.728. The van der Waals surface area contributed by atoms with E-state index in [0.29, 0.717) is 0 Å². The largest absolute Gasteiger partial charge is 0.451 e. The van der Waals surface area contributed by atoms with E-state index in [9.17, 15) is 22.4 Å². The number of nitrogens with zero attached hydrogens (tertiary/aromatic N) is 1. The van der Waals surface area contributed by atoms with Crippen LogP contribution >= 0.6 is 0 Å². The molecule has 0 aromatic heterocycles. The van der Waals surface area contributed by atoms with Crippen molar-refractivity contribution in [1.82, 2.24) is 4.31 Å². The second-order valence-electron chi connectivity index (χ2n) is 5.32. The maximum atomic E-state index is 13.9. The summed E-state index contributed by atoms with van der Waals surface area (Å²) in [4.78, 5) is 22.9. The minimum atomic E-state index is -3.87. The zero-order chi connectivity index (χ0) is 17.9. The van der Waals surface area contributed by atoms with E-state index in [4.69, 9.17) is 9.47 Å². The lowest BCUT2D eigenvalue weighted by Crippen LogP contribution is -2.40. The Bertz CT molecular complexity index is 742. The molecule has 1 aromatic carbocycles. The second-order valence-corrected chi connectivity index (χ2v) is 7.25. The zero-order valence-electron chi connectivity index (χ0n) is 13.3. The van der Waals surface area contributed by atoms with Gasteiger partial charge in [0, 0.05) is 13.1 Å². The van der Waals surface area contributed by atoms with Crippen molar-refractivity contribution in [3.05, 3.63) is 29.6 Å². The Labute approximate surface area is 139 Å². The number of sulfonamides is 1. The van der Waals surface area contributed by atoms with Gasteiger partial charge in [-0.3, -0.25) is 4.79 Å². The lowest BCUT2D eigenvalue weighted by molar-refractivity contribution is -0.124. The molecule has 1 saturated heterocycles. The van der Waals surface area contributed by atoms with Gasteiger partial charge in [-0.05, 0) is 32.0 Å². The molecule has 1 aromatic rings. The Morgan fingerprint density at radius 2 is 1.92 bits per heavy atom. The molecule has 0 saturated carbocycles. The fourth-order valence-electron chi connectivity index (χ4n) is 2.06.